The van der Waals surface area contributed by atoms with Gasteiger partial charge in [0.25, 0.3) is 0 Å². The molecule has 6 nitrogen and oxygen atoms in total. The molecule has 1 aliphatic rings. The Morgan fingerprint density at radius 3 is 2.19 bits per heavy atom. The van der Waals surface area contributed by atoms with E-state index in [-0.39, 0.29) is 11.9 Å². The maximum absolute atomic E-state index is 13.2. The molecule has 166 valence electrons. The molecule has 0 saturated carbocycles. The molecule has 3 rings (SSSR count). The molecule has 0 aromatic heterocycles. The molecule has 1 saturated heterocycles. The van der Waals surface area contributed by atoms with Crippen molar-refractivity contribution >= 4 is 24.6 Å². The van der Waals surface area contributed by atoms with Crippen molar-refractivity contribution in [2.75, 3.05) is 45.0 Å². The monoisotopic (exact) mass is 440 g/mol. The average molecular weight is 441 g/mol. The molecule has 2 aromatic carbocycles. The van der Waals surface area contributed by atoms with Crippen molar-refractivity contribution in [3.05, 3.63) is 71.8 Å². The van der Waals surface area contributed by atoms with Crippen molar-refractivity contribution in [1.29, 1.82) is 0 Å². The number of urea groups is 1. The van der Waals surface area contributed by atoms with Crippen molar-refractivity contribution < 1.29 is 9.59 Å². The van der Waals surface area contributed by atoms with E-state index in [1.54, 1.807) is 4.90 Å². The Kier molecular flexibility index (Phi) is 9.24. The minimum Gasteiger partial charge on any atom is -0.338 e. The Labute approximate surface area is 190 Å². The summed E-state index contributed by atoms with van der Waals surface area (Å²) in [4.78, 5) is 30.0. The Balaban J connectivity index is 1.68. The van der Waals surface area contributed by atoms with Crippen LogP contribution in [0.5, 0.6) is 0 Å². The molecule has 0 unspecified atom stereocenters. The predicted molar refractivity (Wildman–Crippen MR) is 127 cm³/mol. The van der Waals surface area contributed by atoms with Gasteiger partial charge in [0, 0.05) is 51.4 Å². The molecule has 31 heavy (non-hydrogen) atoms. The van der Waals surface area contributed by atoms with Crippen LogP contribution in [0.1, 0.15) is 11.1 Å². The third-order valence-corrected chi connectivity index (χ3v) is 5.68. The van der Waals surface area contributed by atoms with Gasteiger partial charge in [-0.2, -0.15) is 12.6 Å². The van der Waals surface area contributed by atoms with Gasteiger partial charge in [0.15, 0.2) is 0 Å². The summed E-state index contributed by atoms with van der Waals surface area (Å²) in [5.41, 5.74) is 2.21. The molecule has 3 amide bonds. The van der Waals surface area contributed by atoms with E-state index in [2.05, 4.69) is 35.4 Å². The zero-order valence-electron chi connectivity index (χ0n) is 17.9. The number of rotatable bonds is 9. The second-order valence-corrected chi connectivity index (χ2v) is 8.16. The fourth-order valence-electron chi connectivity index (χ4n) is 3.74. The largest absolute Gasteiger partial charge is 0.338 e. The molecular formula is C24H32N4O2S. The van der Waals surface area contributed by atoms with Crippen LogP contribution in [0.3, 0.4) is 0 Å². The van der Waals surface area contributed by atoms with Gasteiger partial charge in [0.2, 0.25) is 5.91 Å². The lowest BCUT2D eigenvalue weighted by Crippen LogP contribution is -2.56. The summed E-state index contributed by atoms with van der Waals surface area (Å²) in [6, 6.07) is 19.1. The van der Waals surface area contributed by atoms with Crippen molar-refractivity contribution in [2.45, 2.75) is 18.9 Å². The van der Waals surface area contributed by atoms with Gasteiger partial charge in [0.05, 0.1) is 0 Å². The lowest BCUT2D eigenvalue weighted by molar-refractivity contribution is -0.133. The van der Waals surface area contributed by atoms with Crippen LogP contribution in [0.2, 0.25) is 0 Å². The second-order valence-electron chi connectivity index (χ2n) is 7.71. The molecule has 0 aliphatic carbocycles. The fourth-order valence-corrected chi connectivity index (χ4v) is 3.98. The van der Waals surface area contributed by atoms with Crippen LogP contribution in [-0.4, -0.2) is 72.8 Å². The van der Waals surface area contributed by atoms with E-state index in [1.165, 1.54) is 5.56 Å². The molecule has 1 aliphatic heterocycles. The Morgan fingerprint density at radius 1 is 0.968 bits per heavy atom. The summed E-state index contributed by atoms with van der Waals surface area (Å²) in [6.07, 6.45) is 1.24. The van der Waals surface area contributed by atoms with E-state index in [0.29, 0.717) is 38.4 Å². The van der Waals surface area contributed by atoms with Gasteiger partial charge >= 0.3 is 6.03 Å². The number of amides is 3. The Hall–Kier alpha value is -2.51. The van der Waals surface area contributed by atoms with Crippen LogP contribution in [0.25, 0.3) is 0 Å². The van der Waals surface area contributed by atoms with Gasteiger partial charge in [-0.05, 0) is 17.5 Å². The van der Waals surface area contributed by atoms with Crippen LogP contribution >= 0.6 is 12.6 Å². The molecule has 1 heterocycles. The Bertz CT molecular complexity index is 813. The number of piperazine rings is 1. The first-order valence-corrected chi connectivity index (χ1v) is 11.5. The highest BCUT2D eigenvalue weighted by Gasteiger charge is 2.28. The number of nitrogens with zero attached hydrogens (tertiary/aromatic N) is 2. The van der Waals surface area contributed by atoms with Crippen molar-refractivity contribution in [3.63, 3.8) is 0 Å². The van der Waals surface area contributed by atoms with Gasteiger partial charge < -0.3 is 20.4 Å². The highest BCUT2D eigenvalue weighted by atomic mass is 32.1. The summed E-state index contributed by atoms with van der Waals surface area (Å²) in [5, 5.41) is 6.29. The van der Waals surface area contributed by atoms with Crippen molar-refractivity contribution in [3.8, 4) is 0 Å². The van der Waals surface area contributed by atoms with Gasteiger partial charge in [-0.1, -0.05) is 60.7 Å². The summed E-state index contributed by atoms with van der Waals surface area (Å²) in [7, 11) is 0. The zero-order chi connectivity index (χ0) is 21.9. The van der Waals surface area contributed by atoms with Gasteiger partial charge in [-0.25, -0.2) is 4.79 Å². The number of carbonyl (C=O) groups excluding carboxylic acids is 2. The first-order chi connectivity index (χ1) is 15.2. The molecule has 2 aromatic rings. The number of nitrogens with one attached hydrogen (secondary N) is 2. The normalized spacial score (nSPS) is 14.7. The van der Waals surface area contributed by atoms with Gasteiger partial charge in [-0.15, -0.1) is 0 Å². The minimum atomic E-state index is -0.591. The van der Waals surface area contributed by atoms with E-state index in [4.69, 9.17) is 0 Å². The molecule has 1 atom stereocenters. The molecule has 0 spiro atoms. The summed E-state index contributed by atoms with van der Waals surface area (Å²) >= 11 is 4.33. The fraction of sp³-hybridized carbons (Fsp3) is 0.417. The SMILES string of the molecule is O=C(N[C@@H](Cc1ccccc1)C(=O)N1CCNCC1)N(CCS)CCc1ccccc1. The van der Waals surface area contributed by atoms with Crippen molar-refractivity contribution in [1.82, 2.24) is 20.4 Å². The van der Waals surface area contributed by atoms with Crippen LogP contribution in [0, 0.1) is 0 Å². The zero-order valence-corrected chi connectivity index (χ0v) is 18.8. The first kappa shape index (κ1) is 23.2. The number of thiol groups is 1. The number of hydrogen-bond donors (Lipinski definition) is 3. The lowest BCUT2D eigenvalue weighted by Gasteiger charge is -2.32. The van der Waals surface area contributed by atoms with Crippen LogP contribution < -0.4 is 10.6 Å². The predicted octanol–water partition coefficient (Wildman–Crippen LogP) is 2.21. The molecule has 7 heteroatoms. The van der Waals surface area contributed by atoms with Gasteiger partial charge in [-0.3, -0.25) is 4.79 Å². The maximum Gasteiger partial charge on any atom is 0.318 e. The highest BCUT2D eigenvalue weighted by Crippen LogP contribution is 2.09. The number of benzene rings is 2. The van der Waals surface area contributed by atoms with Crippen LogP contribution in [0.4, 0.5) is 4.79 Å². The maximum atomic E-state index is 13.2. The quantitative estimate of drug-likeness (QED) is 0.524. The lowest BCUT2D eigenvalue weighted by atomic mass is 10.0. The number of carbonyl (C=O) groups is 2. The molecule has 1 fully saturated rings. The van der Waals surface area contributed by atoms with Crippen LogP contribution in [0.15, 0.2) is 60.7 Å². The topological polar surface area (TPSA) is 64.7 Å². The summed E-state index contributed by atoms with van der Waals surface area (Å²) < 4.78 is 0. The summed E-state index contributed by atoms with van der Waals surface area (Å²) in [6.45, 7) is 3.99. The minimum absolute atomic E-state index is 0.0208. The third kappa shape index (κ3) is 7.29. The van der Waals surface area contributed by atoms with E-state index >= 15 is 0 Å². The molecule has 2 N–H and O–H groups in total. The van der Waals surface area contributed by atoms with Crippen LogP contribution in [-0.2, 0) is 17.6 Å². The summed E-state index contributed by atoms with van der Waals surface area (Å²) in [5.74, 6) is 0.546. The highest BCUT2D eigenvalue weighted by molar-refractivity contribution is 7.80. The first-order valence-electron chi connectivity index (χ1n) is 10.9. The van der Waals surface area contributed by atoms with E-state index in [0.717, 1.165) is 25.1 Å². The smallest absolute Gasteiger partial charge is 0.318 e. The molecular weight excluding hydrogens is 408 g/mol. The second kappa shape index (κ2) is 12.4. The standard InChI is InChI=1S/C24H32N4O2S/c29-23(27-15-12-25-13-16-27)22(19-21-9-5-2-6-10-21)26-24(30)28(17-18-31)14-11-20-7-3-1-4-8-20/h1-10,22,25,31H,11-19H2,(H,26,30)/t22-/m0/s1. The molecule has 0 bridgehead atoms. The number of hydrogen-bond acceptors (Lipinski definition) is 4. The average Bonchev–Trinajstić information content (AvgIpc) is 2.82. The Morgan fingerprint density at radius 2 is 1.58 bits per heavy atom. The van der Waals surface area contributed by atoms with E-state index < -0.39 is 6.04 Å². The van der Waals surface area contributed by atoms with Crippen molar-refractivity contribution in [2.24, 2.45) is 0 Å². The third-order valence-electron chi connectivity index (χ3n) is 5.48. The van der Waals surface area contributed by atoms with E-state index in [1.807, 2.05) is 53.4 Å². The molecule has 0 radical (unpaired) electrons. The van der Waals surface area contributed by atoms with E-state index in [9.17, 15) is 9.59 Å². The van der Waals surface area contributed by atoms with Gasteiger partial charge in [0.1, 0.15) is 6.04 Å².